The molecule has 0 N–H and O–H groups in total. The van der Waals surface area contributed by atoms with E-state index >= 15 is 0 Å². The molecule has 0 aromatic heterocycles. The van der Waals surface area contributed by atoms with Gasteiger partial charge in [-0.05, 0) is 0 Å². The van der Waals surface area contributed by atoms with Crippen LogP contribution >= 0.6 is 0 Å². The van der Waals surface area contributed by atoms with Gasteiger partial charge in [0.15, 0.2) is 0 Å². The third kappa shape index (κ3) is 7.15. The van der Waals surface area contributed by atoms with E-state index in [0.717, 1.165) is 12.8 Å². The molecule has 0 heterocycles. The molecule has 0 saturated heterocycles. The monoisotopic (exact) mass is 697 g/mol. The van der Waals surface area contributed by atoms with E-state index in [-0.39, 0.29) is 0 Å². The fourth-order valence-electron chi connectivity index (χ4n) is 7.95. The molecule has 2 aliphatic carbocycles. The summed E-state index contributed by atoms with van der Waals surface area (Å²) in [7, 11) is 0. The van der Waals surface area contributed by atoms with Crippen LogP contribution in [0.15, 0.2) is 96.1 Å². The van der Waals surface area contributed by atoms with Crippen LogP contribution in [0.1, 0.15) is 111 Å². The van der Waals surface area contributed by atoms with Crippen molar-refractivity contribution in [3.8, 4) is 22.3 Å². The summed E-state index contributed by atoms with van der Waals surface area (Å²) in [6, 6.07) is 35.9. The van der Waals surface area contributed by atoms with Crippen LogP contribution in [0.3, 0.4) is 0 Å². The molecule has 0 aliphatic heterocycles. The Morgan fingerprint density at radius 3 is 1.33 bits per heavy atom. The van der Waals surface area contributed by atoms with Crippen LogP contribution in [0.5, 0.6) is 0 Å². The predicted octanol–water partition coefficient (Wildman–Crippen LogP) is 12.5. The first-order valence-corrected chi connectivity index (χ1v) is 24.6. The summed E-state index contributed by atoms with van der Waals surface area (Å²) in [6.07, 6.45) is 14.9. The second-order valence-electron chi connectivity index (χ2n) is 13.6. The molecular formula is C44H51SiZr. The summed E-state index contributed by atoms with van der Waals surface area (Å²) in [5, 5.41) is 0. The van der Waals surface area contributed by atoms with E-state index in [1.165, 1.54) is 95.1 Å². The number of unbranched alkanes of at least 4 members (excludes halogenated alkanes) is 2. The van der Waals surface area contributed by atoms with Crippen molar-refractivity contribution in [3.05, 3.63) is 129 Å². The van der Waals surface area contributed by atoms with E-state index in [2.05, 4.69) is 125 Å². The molecule has 0 nitrogen and oxygen atoms in total. The number of rotatable bonds is 14. The Bertz CT molecular complexity index is 1560. The number of fused-ring (bicyclic) bond motifs is 2. The Morgan fingerprint density at radius 2 is 0.957 bits per heavy atom. The van der Waals surface area contributed by atoms with E-state index in [0.29, 0.717) is 11.8 Å². The summed E-state index contributed by atoms with van der Waals surface area (Å²) in [6.45, 7) is 9.29. The van der Waals surface area contributed by atoms with Gasteiger partial charge in [0.25, 0.3) is 0 Å². The molecule has 46 heavy (non-hydrogen) atoms. The molecule has 4 aromatic rings. The minimum atomic E-state index is -0.938. The van der Waals surface area contributed by atoms with E-state index in [1.807, 2.05) is 23.9 Å². The van der Waals surface area contributed by atoms with Crippen LogP contribution in [0.25, 0.3) is 34.4 Å². The van der Waals surface area contributed by atoms with Gasteiger partial charge in [0.1, 0.15) is 0 Å². The predicted molar refractivity (Wildman–Crippen MR) is 200 cm³/mol. The standard InChI is InChI=1S/C44H51Si.Zr/c1-5-9-13-31-19-23-35(24-20-31)37-15-11-17-39-41(37)27-33(7-3)43(39)29-45-30-44-34(8-4)28-42-38(16-12-18-40(42)44)36-25-21-32(22-26-36)14-10-6-2;/h11-12,15-28,43-45H,5-10,13-14,29-30H2,1-4H3;. The SMILES string of the molecule is CCCCc1ccc(-c2cccc3c2C=C(CC)C3C[SiH]([Zr])CC2C(CC)=Cc3c(-c4ccc(CCCC)cc4)cccc32)cc1. The Morgan fingerprint density at radius 1 is 0.543 bits per heavy atom. The summed E-state index contributed by atoms with van der Waals surface area (Å²) < 4.78 is 0. The Balaban J connectivity index is 1.21. The van der Waals surface area contributed by atoms with Crippen LogP contribution in [-0.4, -0.2) is 5.92 Å². The second-order valence-corrected chi connectivity index (χ2v) is 22.0. The Kier molecular flexibility index (Phi) is 11.3. The van der Waals surface area contributed by atoms with Crippen molar-refractivity contribution in [2.24, 2.45) is 0 Å². The second kappa shape index (κ2) is 15.6. The Hall–Kier alpha value is -2.54. The van der Waals surface area contributed by atoms with Crippen LogP contribution < -0.4 is 0 Å². The topological polar surface area (TPSA) is 0 Å². The van der Waals surface area contributed by atoms with Crippen molar-refractivity contribution in [1.29, 1.82) is 0 Å². The third-order valence-electron chi connectivity index (χ3n) is 10.6. The van der Waals surface area contributed by atoms with Gasteiger partial charge in [0.2, 0.25) is 0 Å². The fourth-order valence-corrected chi connectivity index (χ4v) is 13.9. The van der Waals surface area contributed by atoms with Gasteiger partial charge in [-0.15, -0.1) is 0 Å². The number of hydrogen-bond donors (Lipinski definition) is 0. The number of hydrogen-bond acceptors (Lipinski definition) is 0. The van der Waals surface area contributed by atoms with E-state index < -0.39 is 5.92 Å². The van der Waals surface area contributed by atoms with Gasteiger partial charge in [0.05, 0.1) is 0 Å². The number of benzene rings is 4. The normalized spacial score (nSPS) is 17.4. The molecular weight excluding hydrogens is 648 g/mol. The zero-order valence-corrected chi connectivity index (χ0v) is 32.2. The van der Waals surface area contributed by atoms with E-state index in [4.69, 9.17) is 0 Å². The average molecular weight is 699 g/mol. The van der Waals surface area contributed by atoms with Crippen molar-refractivity contribution in [2.75, 3.05) is 0 Å². The summed E-state index contributed by atoms with van der Waals surface area (Å²) >= 11 is 1.81. The molecule has 0 amide bonds. The zero-order chi connectivity index (χ0) is 32.0. The van der Waals surface area contributed by atoms with Crippen LogP contribution in [0.2, 0.25) is 12.1 Å². The first-order chi connectivity index (χ1) is 22.5. The van der Waals surface area contributed by atoms with Crippen LogP contribution in [0, 0.1) is 0 Å². The minimum absolute atomic E-state index is 0.604. The molecule has 4 aromatic carbocycles. The fraction of sp³-hybridized carbons (Fsp3) is 0.364. The van der Waals surface area contributed by atoms with Crippen molar-refractivity contribution in [2.45, 2.75) is 103 Å². The molecule has 235 valence electrons. The third-order valence-corrected chi connectivity index (χ3v) is 16.2. The molecule has 2 atom stereocenters. The van der Waals surface area contributed by atoms with Crippen molar-refractivity contribution < 1.29 is 23.9 Å². The molecule has 0 spiro atoms. The van der Waals surface area contributed by atoms with Gasteiger partial charge < -0.3 is 0 Å². The summed E-state index contributed by atoms with van der Waals surface area (Å²) in [5.41, 5.74) is 18.0. The van der Waals surface area contributed by atoms with Crippen molar-refractivity contribution in [1.82, 2.24) is 0 Å². The molecule has 2 unspecified atom stereocenters. The van der Waals surface area contributed by atoms with Crippen LogP contribution in [0.4, 0.5) is 0 Å². The zero-order valence-electron chi connectivity index (χ0n) is 28.5. The number of allylic oxidation sites excluding steroid dienone is 2. The van der Waals surface area contributed by atoms with Gasteiger partial charge in [-0.1, -0.05) is 26.7 Å². The summed E-state index contributed by atoms with van der Waals surface area (Å²) in [5.74, 6) is 0.270. The molecule has 2 aliphatic rings. The molecule has 0 saturated carbocycles. The maximum absolute atomic E-state index is 2.57. The first kappa shape index (κ1) is 33.4. The van der Waals surface area contributed by atoms with Crippen molar-refractivity contribution in [3.63, 3.8) is 0 Å². The quantitative estimate of drug-likeness (QED) is 0.115. The first-order valence-electron chi connectivity index (χ1n) is 18.1. The average Bonchev–Trinajstić information content (AvgIpc) is 3.64. The number of aryl methyl sites for hydroxylation is 2. The molecule has 0 bridgehead atoms. The molecule has 2 heteroatoms. The van der Waals surface area contributed by atoms with Gasteiger partial charge >= 0.3 is 270 Å². The molecule has 0 fully saturated rings. The molecule has 6 rings (SSSR count). The summed E-state index contributed by atoms with van der Waals surface area (Å²) in [4.78, 5) is 0. The van der Waals surface area contributed by atoms with E-state index in [1.54, 1.807) is 22.3 Å². The maximum atomic E-state index is 2.57. The van der Waals surface area contributed by atoms with E-state index in [9.17, 15) is 0 Å². The molecule has 0 radical (unpaired) electrons. The Labute approximate surface area is 294 Å². The van der Waals surface area contributed by atoms with Gasteiger partial charge in [-0.3, -0.25) is 0 Å². The van der Waals surface area contributed by atoms with Crippen LogP contribution in [-0.2, 0) is 36.7 Å². The van der Waals surface area contributed by atoms with Gasteiger partial charge in [-0.25, -0.2) is 0 Å². The van der Waals surface area contributed by atoms with Gasteiger partial charge in [-0.2, -0.15) is 0 Å². The van der Waals surface area contributed by atoms with Gasteiger partial charge in [0, 0.05) is 0 Å². The van der Waals surface area contributed by atoms with Crippen molar-refractivity contribution >= 4 is 18.1 Å².